The van der Waals surface area contributed by atoms with Crippen molar-refractivity contribution in [2.75, 3.05) is 19.0 Å². The Balaban J connectivity index is 2.08. The SMILES string of the molecule is CCCCCNC(=O)c1cccc(C(=O)Nc2cc(C)ccc2OC)n1. The molecule has 0 bridgehead atoms. The van der Waals surface area contributed by atoms with Crippen LogP contribution in [0.15, 0.2) is 36.4 Å². The Kier molecular flexibility index (Phi) is 7.14. The molecule has 0 radical (unpaired) electrons. The van der Waals surface area contributed by atoms with E-state index >= 15 is 0 Å². The minimum Gasteiger partial charge on any atom is -0.495 e. The van der Waals surface area contributed by atoms with E-state index in [1.165, 1.54) is 0 Å². The molecule has 0 fully saturated rings. The number of nitrogens with zero attached hydrogens (tertiary/aromatic N) is 1. The number of amides is 2. The molecule has 26 heavy (non-hydrogen) atoms. The Bertz CT molecular complexity index is 775. The Hall–Kier alpha value is -2.89. The van der Waals surface area contributed by atoms with Gasteiger partial charge in [-0.1, -0.05) is 31.9 Å². The summed E-state index contributed by atoms with van der Waals surface area (Å²) >= 11 is 0. The molecule has 6 nitrogen and oxygen atoms in total. The van der Waals surface area contributed by atoms with Gasteiger partial charge in [-0.2, -0.15) is 0 Å². The first-order chi connectivity index (χ1) is 12.5. The second-order valence-electron chi connectivity index (χ2n) is 6.03. The van der Waals surface area contributed by atoms with Gasteiger partial charge in [0.1, 0.15) is 17.1 Å². The van der Waals surface area contributed by atoms with Crippen LogP contribution in [0.2, 0.25) is 0 Å². The van der Waals surface area contributed by atoms with Crippen LogP contribution in [0.5, 0.6) is 5.75 Å². The van der Waals surface area contributed by atoms with Gasteiger partial charge in [-0.05, 0) is 43.2 Å². The molecule has 6 heteroatoms. The zero-order chi connectivity index (χ0) is 18.9. The average Bonchev–Trinajstić information content (AvgIpc) is 2.65. The van der Waals surface area contributed by atoms with Crippen molar-refractivity contribution in [3.8, 4) is 5.75 Å². The van der Waals surface area contributed by atoms with E-state index in [0.717, 1.165) is 24.8 Å². The Labute approximate surface area is 154 Å². The number of benzene rings is 1. The summed E-state index contributed by atoms with van der Waals surface area (Å²) in [5, 5.41) is 5.61. The highest BCUT2D eigenvalue weighted by Gasteiger charge is 2.14. The number of anilines is 1. The molecule has 0 atom stereocenters. The summed E-state index contributed by atoms with van der Waals surface area (Å²) in [5.41, 5.74) is 1.96. The summed E-state index contributed by atoms with van der Waals surface area (Å²) in [6.45, 7) is 4.64. The van der Waals surface area contributed by atoms with Crippen LogP contribution in [0.25, 0.3) is 0 Å². The zero-order valence-electron chi connectivity index (χ0n) is 15.5. The highest BCUT2D eigenvalue weighted by atomic mass is 16.5. The third-order valence-electron chi connectivity index (χ3n) is 3.88. The lowest BCUT2D eigenvalue weighted by Crippen LogP contribution is -2.26. The number of rotatable bonds is 8. The summed E-state index contributed by atoms with van der Waals surface area (Å²) in [5.74, 6) is -0.104. The Morgan fingerprint density at radius 2 is 1.81 bits per heavy atom. The smallest absolute Gasteiger partial charge is 0.274 e. The molecule has 0 unspecified atom stereocenters. The summed E-state index contributed by atoms with van der Waals surface area (Å²) in [6, 6.07) is 10.3. The van der Waals surface area contributed by atoms with Crippen molar-refractivity contribution in [2.45, 2.75) is 33.1 Å². The minimum atomic E-state index is -0.394. The molecule has 2 amide bonds. The number of nitrogens with one attached hydrogen (secondary N) is 2. The molecule has 0 aliphatic rings. The van der Waals surface area contributed by atoms with E-state index in [2.05, 4.69) is 22.5 Å². The lowest BCUT2D eigenvalue weighted by atomic mass is 10.2. The van der Waals surface area contributed by atoms with Gasteiger partial charge in [-0.25, -0.2) is 4.98 Å². The molecule has 0 saturated carbocycles. The monoisotopic (exact) mass is 355 g/mol. The lowest BCUT2D eigenvalue weighted by molar-refractivity contribution is 0.0947. The molecule has 0 saturated heterocycles. The molecule has 0 spiro atoms. The second-order valence-corrected chi connectivity index (χ2v) is 6.03. The first-order valence-corrected chi connectivity index (χ1v) is 8.76. The third kappa shape index (κ3) is 5.31. The topological polar surface area (TPSA) is 80.3 Å². The van der Waals surface area contributed by atoms with Crippen molar-refractivity contribution < 1.29 is 14.3 Å². The molecule has 2 rings (SSSR count). The van der Waals surface area contributed by atoms with Crippen LogP contribution in [0, 0.1) is 6.92 Å². The summed E-state index contributed by atoms with van der Waals surface area (Å²) in [7, 11) is 1.54. The fraction of sp³-hybridized carbons (Fsp3) is 0.350. The highest BCUT2D eigenvalue weighted by molar-refractivity contribution is 6.04. The van der Waals surface area contributed by atoms with Crippen LogP contribution in [0.1, 0.15) is 52.7 Å². The van der Waals surface area contributed by atoms with Gasteiger partial charge in [0.05, 0.1) is 12.8 Å². The molecule has 1 aromatic carbocycles. The van der Waals surface area contributed by atoms with Gasteiger partial charge in [0.15, 0.2) is 0 Å². The number of hydrogen-bond acceptors (Lipinski definition) is 4. The van der Waals surface area contributed by atoms with Crippen LogP contribution in [-0.2, 0) is 0 Å². The molecule has 1 heterocycles. The van der Waals surface area contributed by atoms with Crippen LogP contribution in [-0.4, -0.2) is 30.5 Å². The molecule has 2 aromatic rings. The van der Waals surface area contributed by atoms with Gasteiger partial charge in [-0.15, -0.1) is 0 Å². The fourth-order valence-electron chi connectivity index (χ4n) is 2.46. The van der Waals surface area contributed by atoms with Gasteiger partial charge in [0.25, 0.3) is 11.8 Å². The van der Waals surface area contributed by atoms with E-state index in [1.54, 1.807) is 31.4 Å². The predicted molar refractivity (Wildman–Crippen MR) is 102 cm³/mol. The zero-order valence-corrected chi connectivity index (χ0v) is 15.5. The Morgan fingerprint density at radius 3 is 2.50 bits per heavy atom. The minimum absolute atomic E-state index is 0.176. The number of carbonyl (C=O) groups excluding carboxylic acids is 2. The van der Waals surface area contributed by atoms with Gasteiger partial charge < -0.3 is 15.4 Å². The van der Waals surface area contributed by atoms with Crippen molar-refractivity contribution in [2.24, 2.45) is 0 Å². The number of carbonyl (C=O) groups is 2. The van der Waals surface area contributed by atoms with Crippen LogP contribution in [0.3, 0.4) is 0 Å². The predicted octanol–water partition coefficient (Wildman–Crippen LogP) is 3.57. The molecule has 138 valence electrons. The summed E-state index contributed by atoms with van der Waals surface area (Å²) in [4.78, 5) is 28.8. The van der Waals surface area contributed by atoms with Gasteiger partial charge >= 0.3 is 0 Å². The number of aryl methyl sites for hydroxylation is 1. The maximum Gasteiger partial charge on any atom is 0.274 e. The van der Waals surface area contributed by atoms with Gasteiger partial charge in [-0.3, -0.25) is 9.59 Å². The van der Waals surface area contributed by atoms with Gasteiger partial charge in [0, 0.05) is 6.54 Å². The molecule has 0 aliphatic carbocycles. The van der Waals surface area contributed by atoms with Gasteiger partial charge in [0.2, 0.25) is 0 Å². The fourth-order valence-corrected chi connectivity index (χ4v) is 2.46. The van der Waals surface area contributed by atoms with Crippen LogP contribution in [0.4, 0.5) is 5.69 Å². The highest BCUT2D eigenvalue weighted by Crippen LogP contribution is 2.25. The van der Waals surface area contributed by atoms with Crippen LogP contribution >= 0.6 is 0 Å². The number of pyridine rings is 1. The number of aromatic nitrogens is 1. The molecule has 2 N–H and O–H groups in total. The summed E-state index contributed by atoms with van der Waals surface area (Å²) in [6.07, 6.45) is 3.08. The standard InChI is InChI=1S/C20H25N3O3/c1-4-5-6-12-21-19(24)15-8-7-9-16(22-15)20(25)23-17-13-14(2)10-11-18(17)26-3/h7-11,13H,4-6,12H2,1-3H3,(H,21,24)(H,23,25). The van der Waals surface area contributed by atoms with Crippen molar-refractivity contribution in [1.82, 2.24) is 10.3 Å². The number of hydrogen-bond donors (Lipinski definition) is 2. The molecular weight excluding hydrogens is 330 g/mol. The molecule has 0 aliphatic heterocycles. The van der Waals surface area contributed by atoms with E-state index in [-0.39, 0.29) is 17.3 Å². The first kappa shape index (κ1) is 19.4. The Morgan fingerprint density at radius 1 is 1.08 bits per heavy atom. The van der Waals surface area contributed by atoms with E-state index < -0.39 is 5.91 Å². The second kappa shape index (κ2) is 9.56. The van der Waals surface area contributed by atoms with Crippen molar-refractivity contribution in [3.63, 3.8) is 0 Å². The normalized spacial score (nSPS) is 10.3. The van der Waals surface area contributed by atoms with E-state index in [4.69, 9.17) is 4.74 Å². The van der Waals surface area contributed by atoms with E-state index in [9.17, 15) is 9.59 Å². The van der Waals surface area contributed by atoms with Crippen molar-refractivity contribution in [3.05, 3.63) is 53.3 Å². The largest absolute Gasteiger partial charge is 0.495 e. The lowest BCUT2D eigenvalue weighted by Gasteiger charge is -2.11. The third-order valence-corrected chi connectivity index (χ3v) is 3.88. The molecular formula is C20H25N3O3. The van der Waals surface area contributed by atoms with E-state index in [1.807, 2.05) is 19.1 Å². The maximum atomic E-state index is 12.5. The summed E-state index contributed by atoms with van der Waals surface area (Å²) < 4.78 is 5.26. The first-order valence-electron chi connectivity index (χ1n) is 8.76. The quantitative estimate of drug-likeness (QED) is 0.710. The van der Waals surface area contributed by atoms with Crippen molar-refractivity contribution >= 4 is 17.5 Å². The average molecular weight is 355 g/mol. The molecule has 1 aromatic heterocycles. The maximum absolute atomic E-state index is 12.5. The number of unbranched alkanes of at least 4 members (excludes halogenated alkanes) is 2. The van der Waals surface area contributed by atoms with E-state index in [0.29, 0.717) is 18.0 Å². The van der Waals surface area contributed by atoms with Crippen molar-refractivity contribution in [1.29, 1.82) is 0 Å². The number of methoxy groups -OCH3 is 1. The van der Waals surface area contributed by atoms with Crippen LogP contribution < -0.4 is 15.4 Å². The number of ether oxygens (including phenoxy) is 1.